The van der Waals surface area contributed by atoms with Gasteiger partial charge in [0, 0.05) is 5.69 Å². The van der Waals surface area contributed by atoms with E-state index in [1.54, 1.807) is 24.3 Å². The Morgan fingerprint density at radius 3 is 2.35 bits per heavy atom. The summed E-state index contributed by atoms with van der Waals surface area (Å²) in [5.74, 6) is -0.210. The van der Waals surface area contributed by atoms with Crippen molar-refractivity contribution in [1.82, 2.24) is 0 Å². The normalized spacial score (nSPS) is 10.8. The Kier molecular flexibility index (Phi) is 5.55. The first-order valence-corrected chi connectivity index (χ1v) is 8.48. The zero-order valence-electron chi connectivity index (χ0n) is 12.2. The summed E-state index contributed by atoms with van der Waals surface area (Å²) in [7, 11) is -3.55. The molecule has 0 atom stereocenters. The number of benzene rings is 2. The minimum absolute atomic E-state index is 0.0481. The molecule has 1 N–H and O–H groups in total. The topological polar surface area (TPSA) is 79.2 Å². The maximum absolute atomic E-state index is 12.7. The summed E-state index contributed by atoms with van der Waals surface area (Å²) in [4.78, 5) is 0. The maximum Gasteiger partial charge on any atom is 0.236 e. The first kappa shape index (κ1) is 16.8. The molecule has 2 aromatic carbocycles. The molecule has 23 heavy (non-hydrogen) atoms. The molecular weight excluding hydrogens is 319 g/mol. The number of nitrogens with one attached hydrogen (secondary N) is 1. The highest BCUT2D eigenvalue weighted by molar-refractivity contribution is 7.92. The van der Waals surface area contributed by atoms with Crippen LogP contribution < -0.4 is 9.46 Å². The third-order valence-electron chi connectivity index (χ3n) is 2.94. The lowest BCUT2D eigenvalue weighted by Gasteiger charge is -2.09. The van der Waals surface area contributed by atoms with Crippen molar-refractivity contribution in [2.45, 2.75) is 6.42 Å². The van der Waals surface area contributed by atoms with Crippen LogP contribution in [0.25, 0.3) is 0 Å². The van der Waals surface area contributed by atoms with Crippen molar-refractivity contribution in [2.75, 3.05) is 17.1 Å². The van der Waals surface area contributed by atoms with E-state index in [-0.39, 0.29) is 24.6 Å². The van der Waals surface area contributed by atoms with Crippen molar-refractivity contribution in [1.29, 1.82) is 5.26 Å². The van der Waals surface area contributed by atoms with E-state index < -0.39 is 10.0 Å². The number of rotatable bonds is 7. The number of nitriles is 1. The Balaban J connectivity index is 1.86. The number of sulfonamides is 1. The van der Waals surface area contributed by atoms with Gasteiger partial charge in [-0.2, -0.15) is 5.26 Å². The van der Waals surface area contributed by atoms with E-state index >= 15 is 0 Å². The van der Waals surface area contributed by atoms with Gasteiger partial charge in [-0.15, -0.1) is 0 Å². The van der Waals surface area contributed by atoms with E-state index in [9.17, 15) is 12.8 Å². The first-order chi connectivity index (χ1) is 11.0. The molecule has 0 fully saturated rings. The molecule has 0 saturated carbocycles. The second-order valence-corrected chi connectivity index (χ2v) is 6.60. The number of nitrogens with zero attached hydrogens (tertiary/aromatic N) is 1. The second kappa shape index (κ2) is 7.61. The Labute approximate surface area is 134 Å². The summed E-state index contributed by atoms with van der Waals surface area (Å²) in [5, 5.41) is 8.59. The van der Waals surface area contributed by atoms with Crippen LogP contribution >= 0.6 is 0 Å². The van der Waals surface area contributed by atoms with Crippen LogP contribution in [0.5, 0.6) is 5.75 Å². The lowest BCUT2D eigenvalue weighted by molar-refractivity contribution is 0.340. The predicted octanol–water partition coefficient (Wildman–Crippen LogP) is 2.71. The molecule has 5 nitrogen and oxygen atoms in total. The molecular formula is C16H15FN2O3S. The zero-order valence-corrected chi connectivity index (χ0v) is 13.0. The summed E-state index contributed by atoms with van der Waals surface area (Å²) in [6.45, 7) is -0.0481. The standard InChI is InChI=1S/C16H15FN2O3S/c17-14-3-7-16(8-4-14)22-11-12-23(20,21)19-15-5-1-13(2-6-15)9-10-18/h1-8,19H,9,11-12H2. The number of halogens is 1. The van der Waals surface area contributed by atoms with E-state index in [0.29, 0.717) is 11.4 Å². The molecule has 0 saturated heterocycles. The summed E-state index contributed by atoms with van der Waals surface area (Å²) in [5.41, 5.74) is 1.24. The van der Waals surface area contributed by atoms with Crippen LogP contribution in [0, 0.1) is 17.1 Å². The van der Waals surface area contributed by atoms with Gasteiger partial charge in [0.1, 0.15) is 23.9 Å². The summed E-state index contributed by atoms with van der Waals surface area (Å²) in [6, 6.07) is 14.0. The Morgan fingerprint density at radius 1 is 1.09 bits per heavy atom. The SMILES string of the molecule is N#CCc1ccc(NS(=O)(=O)CCOc2ccc(F)cc2)cc1. The molecule has 2 aromatic rings. The highest BCUT2D eigenvalue weighted by Crippen LogP contribution is 2.13. The molecule has 0 heterocycles. The van der Waals surface area contributed by atoms with E-state index in [1.807, 2.05) is 6.07 Å². The van der Waals surface area contributed by atoms with Gasteiger partial charge in [-0.3, -0.25) is 4.72 Å². The summed E-state index contributed by atoms with van der Waals surface area (Å²) >= 11 is 0. The smallest absolute Gasteiger partial charge is 0.236 e. The molecule has 120 valence electrons. The second-order valence-electron chi connectivity index (χ2n) is 4.76. The third kappa shape index (κ3) is 5.60. The lowest BCUT2D eigenvalue weighted by Crippen LogP contribution is -2.21. The van der Waals surface area contributed by atoms with Crippen molar-refractivity contribution in [3.8, 4) is 11.8 Å². The molecule has 0 unspecified atom stereocenters. The van der Waals surface area contributed by atoms with Crippen molar-refractivity contribution < 1.29 is 17.5 Å². The van der Waals surface area contributed by atoms with Crippen LogP contribution in [-0.4, -0.2) is 20.8 Å². The number of hydrogen-bond donors (Lipinski definition) is 1. The fraction of sp³-hybridized carbons (Fsp3) is 0.188. The quantitative estimate of drug-likeness (QED) is 0.844. The predicted molar refractivity (Wildman–Crippen MR) is 85.1 cm³/mol. The fourth-order valence-electron chi connectivity index (χ4n) is 1.81. The fourth-order valence-corrected chi connectivity index (χ4v) is 2.71. The number of ether oxygens (including phenoxy) is 1. The highest BCUT2D eigenvalue weighted by Gasteiger charge is 2.11. The average molecular weight is 334 g/mol. The van der Waals surface area contributed by atoms with Gasteiger partial charge in [-0.1, -0.05) is 12.1 Å². The molecule has 0 aliphatic carbocycles. The highest BCUT2D eigenvalue weighted by atomic mass is 32.2. The van der Waals surface area contributed by atoms with Crippen LogP contribution in [0.2, 0.25) is 0 Å². The van der Waals surface area contributed by atoms with Crippen LogP contribution in [0.15, 0.2) is 48.5 Å². The monoisotopic (exact) mass is 334 g/mol. The molecule has 0 radical (unpaired) electrons. The zero-order chi connectivity index (χ0) is 16.7. The number of hydrogen-bond acceptors (Lipinski definition) is 4. The third-order valence-corrected chi connectivity index (χ3v) is 4.20. The molecule has 0 bridgehead atoms. The van der Waals surface area contributed by atoms with E-state index in [1.165, 1.54) is 24.3 Å². The summed E-state index contributed by atoms with van der Waals surface area (Å²) in [6.07, 6.45) is 0.276. The molecule has 0 aliphatic rings. The minimum atomic E-state index is -3.55. The van der Waals surface area contributed by atoms with Crippen LogP contribution in [-0.2, 0) is 16.4 Å². The maximum atomic E-state index is 12.7. The van der Waals surface area contributed by atoms with Gasteiger partial charge in [0.25, 0.3) is 0 Å². The van der Waals surface area contributed by atoms with Crippen molar-refractivity contribution in [3.63, 3.8) is 0 Å². The van der Waals surface area contributed by atoms with Gasteiger partial charge in [0.2, 0.25) is 10.0 Å². The molecule has 0 amide bonds. The molecule has 0 spiro atoms. The van der Waals surface area contributed by atoms with E-state index in [2.05, 4.69) is 4.72 Å². The van der Waals surface area contributed by atoms with Crippen molar-refractivity contribution in [3.05, 3.63) is 59.9 Å². The van der Waals surface area contributed by atoms with Crippen molar-refractivity contribution >= 4 is 15.7 Å². The summed E-state index contributed by atoms with van der Waals surface area (Å²) < 4.78 is 44.3. The Bertz CT molecular complexity index is 782. The van der Waals surface area contributed by atoms with Crippen LogP contribution in [0.3, 0.4) is 0 Å². The Hall–Kier alpha value is -2.59. The van der Waals surface area contributed by atoms with Gasteiger partial charge in [0.15, 0.2) is 0 Å². The average Bonchev–Trinajstić information content (AvgIpc) is 2.51. The minimum Gasteiger partial charge on any atom is -0.492 e. The van der Waals surface area contributed by atoms with E-state index in [0.717, 1.165) is 5.56 Å². The number of anilines is 1. The molecule has 0 aromatic heterocycles. The Morgan fingerprint density at radius 2 is 1.74 bits per heavy atom. The van der Waals surface area contributed by atoms with Gasteiger partial charge in [-0.25, -0.2) is 12.8 Å². The van der Waals surface area contributed by atoms with Crippen LogP contribution in [0.1, 0.15) is 5.56 Å². The van der Waals surface area contributed by atoms with Gasteiger partial charge < -0.3 is 4.74 Å². The van der Waals surface area contributed by atoms with Crippen molar-refractivity contribution in [2.24, 2.45) is 0 Å². The molecule has 7 heteroatoms. The van der Waals surface area contributed by atoms with E-state index in [4.69, 9.17) is 10.00 Å². The lowest BCUT2D eigenvalue weighted by atomic mass is 10.1. The largest absolute Gasteiger partial charge is 0.492 e. The van der Waals surface area contributed by atoms with Crippen LogP contribution in [0.4, 0.5) is 10.1 Å². The van der Waals surface area contributed by atoms with Gasteiger partial charge in [-0.05, 0) is 42.0 Å². The van der Waals surface area contributed by atoms with Gasteiger partial charge in [0.05, 0.1) is 12.5 Å². The molecule has 2 rings (SSSR count). The first-order valence-electron chi connectivity index (χ1n) is 6.83. The van der Waals surface area contributed by atoms with Gasteiger partial charge >= 0.3 is 0 Å². The molecule has 0 aliphatic heterocycles.